The predicted octanol–water partition coefficient (Wildman–Crippen LogP) is 4.16. The van der Waals surface area contributed by atoms with Crippen molar-refractivity contribution in [3.63, 3.8) is 0 Å². The van der Waals surface area contributed by atoms with Crippen LogP contribution in [0.2, 0.25) is 0 Å². The second-order valence-corrected chi connectivity index (χ2v) is 7.65. The summed E-state index contributed by atoms with van der Waals surface area (Å²) in [5.74, 6) is 0.700. The van der Waals surface area contributed by atoms with Crippen LogP contribution in [0.1, 0.15) is 36.8 Å². The van der Waals surface area contributed by atoms with E-state index in [1.165, 1.54) is 6.07 Å². The summed E-state index contributed by atoms with van der Waals surface area (Å²) < 4.78 is 19.4. The first-order chi connectivity index (χ1) is 14.1. The molecule has 152 valence electrons. The summed E-state index contributed by atoms with van der Waals surface area (Å²) in [6.45, 7) is 0.912. The smallest absolute Gasteiger partial charge is 0.226 e. The number of hydrogen-bond donors (Lipinski definition) is 0. The minimum atomic E-state index is -0.311. The highest BCUT2D eigenvalue weighted by Crippen LogP contribution is 2.30. The van der Waals surface area contributed by atoms with Crippen molar-refractivity contribution >= 4 is 11.6 Å². The fourth-order valence-electron chi connectivity index (χ4n) is 3.76. The van der Waals surface area contributed by atoms with Crippen LogP contribution in [0.25, 0.3) is 0 Å². The lowest BCUT2D eigenvalue weighted by molar-refractivity contribution is -0.140. The quantitative estimate of drug-likeness (QED) is 0.706. The molecule has 2 aromatic carbocycles. The summed E-state index contributed by atoms with van der Waals surface area (Å²) in [5.41, 5.74) is 2.05. The van der Waals surface area contributed by atoms with E-state index in [2.05, 4.69) is 5.16 Å². The molecular weight excluding hydrogens is 371 g/mol. The zero-order valence-corrected chi connectivity index (χ0v) is 16.5. The first-order valence-electron chi connectivity index (χ1n) is 10.0. The maximum absolute atomic E-state index is 14.1. The van der Waals surface area contributed by atoms with E-state index in [9.17, 15) is 9.18 Å². The van der Waals surface area contributed by atoms with E-state index in [-0.39, 0.29) is 23.7 Å². The summed E-state index contributed by atoms with van der Waals surface area (Å²) >= 11 is 0. The third-order valence-electron chi connectivity index (χ3n) is 5.62. The van der Waals surface area contributed by atoms with Gasteiger partial charge in [0.2, 0.25) is 5.91 Å². The molecule has 0 aromatic heterocycles. The van der Waals surface area contributed by atoms with Gasteiger partial charge < -0.3 is 14.5 Å². The number of amides is 1. The molecule has 2 aliphatic rings. The van der Waals surface area contributed by atoms with Gasteiger partial charge in [-0.05, 0) is 36.6 Å². The predicted molar refractivity (Wildman–Crippen MR) is 108 cm³/mol. The van der Waals surface area contributed by atoms with Crippen molar-refractivity contribution in [2.45, 2.75) is 38.3 Å². The van der Waals surface area contributed by atoms with E-state index in [1.807, 2.05) is 29.2 Å². The average molecular weight is 396 g/mol. The first kappa shape index (κ1) is 19.4. The number of halogens is 1. The molecule has 0 radical (unpaired) electrons. The van der Waals surface area contributed by atoms with Crippen LogP contribution < -0.4 is 4.74 Å². The van der Waals surface area contributed by atoms with Gasteiger partial charge in [-0.2, -0.15) is 0 Å². The molecule has 1 saturated carbocycles. The third kappa shape index (κ3) is 4.42. The Labute approximate surface area is 170 Å². The summed E-state index contributed by atoms with van der Waals surface area (Å²) in [6.07, 6.45) is 3.18. The van der Waals surface area contributed by atoms with Crippen molar-refractivity contribution in [3.05, 3.63) is 65.5 Å². The molecule has 1 heterocycles. The van der Waals surface area contributed by atoms with Crippen molar-refractivity contribution < 1.29 is 18.8 Å². The Morgan fingerprint density at radius 3 is 2.79 bits per heavy atom. The normalized spacial score (nSPS) is 18.6. The molecule has 1 amide bonds. The average Bonchev–Trinajstić information content (AvgIpc) is 3.15. The Balaban J connectivity index is 1.46. The lowest BCUT2D eigenvalue weighted by Crippen LogP contribution is -2.42. The SMILES string of the molecule is COc1cccc(CN(C[C@H]2CC(c3ccccc3F)=NO2)C(=O)C2CCC2)c1. The molecule has 1 fully saturated rings. The van der Waals surface area contributed by atoms with E-state index < -0.39 is 0 Å². The molecule has 0 saturated heterocycles. The van der Waals surface area contributed by atoms with E-state index in [0.29, 0.717) is 30.8 Å². The lowest BCUT2D eigenvalue weighted by atomic mass is 9.84. The van der Waals surface area contributed by atoms with Crippen molar-refractivity contribution in [3.8, 4) is 5.75 Å². The fourth-order valence-corrected chi connectivity index (χ4v) is 3.76. The highest BCUT2D eigenvalue weighted by molar-refractivity contribution is 6.01. The Kier molecular flexibility index (Phi) is 5.79. The molecule has 5 nitrogen and oxygen atoms in total. The van der Waals surface area contributed by atoms with Crippen LogP contribution >= 0.6 is 0 Å². The summed E-state index contributed by atoms with van der Waals surface area (Å²) in [4.78, 5) is 20.4. The van der Waals surface area contributed by atoms with Gasteiger partial charge in [0, 0.05) is 24.4 Å². The molecule has 29 heavy (non-hydrogen) atoms. The van der Waals surface area contributed by atoms with E-state index in [1.54, 1.807) is 25.3 Å². The zero-order chi connectivity index (χ0) is 20.2. The number of rotatable bonds is 7. The molecule has 1 aliphatic carbocycles. The number of oxime groups is 1. The molecular formula is C23H25FN2O3. The summed E-state index contributed by atoms with van der Waals surface area (Å²) in [7, 11) is 1.63. The van der Waals surface area contributed by atoms with E-state index in [4.69, 9.17) is 9.57 Å². The highest BCUT2D eigenvalue weighted by atomic mass is 19.1. The number of ether oxygens (including phenoxy) is 1. The minimum Gasteiger partial charge on any atom is -0.497 e. The maximum atomic E-state index is 14.1. The molecule has 4 rings (SSSR count). The van der Waals surface area contributed by atoms with Gasteiger partial charge in [0.25, 0.3) is 0 Å². The van der Waals surface area contributed by atoms with Gasteiger partial charge in [-0.25, -0.2) is 4.39 Å². The van der Waals surface area contributed by atoms with Crippen molar-refractivity contribution in [1.82, 2.24) is 4.90 Å². The van der Waals surface area contributed by atoms with Crippen molar-refractivity contribution in [2.75, 3.05) is 13.7 Å². The molecule has 0 unspecified atom stereocenters. The Morgan fingerprint density at radius 2 is 2.07 bits per heavy atom. The minimum absolute atomic E-state index is 0.0916. The Morgan fingerprint density at radius 1 is 1.24 bits per heavy atom. The van der Waals surface area contributed by atoms with Crippen LogP contribution in [0.3, 0.4) is 0 Å². The summed E-state index contributed by atoms with van der Waals surface area (Å²) in [6, 6.07) is 14.3. The van der Waals surface area contributed by atoms with Crippen molar-refractivity contribution in [2.24, 2.45) is 11.1 Å². The van der Waals surface area contributed by atoms with Gasteiger partial charge in [0.05, 0.1) is 19.4 Å². The fraction of sp³-hybridized carbons (Fsp3) is 0.391. The van der Waals surface area contributed by atoms with Crippen LogP contribution in [0.15, 0.2) is 53.7 Å². The van der Waals surface area contributed by atoms with Gasteiger partial charge >= 0.3 is 0 Å². The van der Waals surface area contributed by atoms with Gasteiger partial charge in [-0.15, -0.1) is 0 Å². The topological polar surface area (TPSA) is 51.1 Å². The van der Waals surface area contributed by atoms with Gasteiger partial charge in [-0.3, -0.25) is 4.79 Å². The molecule has 0 N–H and O–H groups in total. The Bertz CT molecular complexity index is 911. The van der Waals surface area contributed by atoms with E-state index >= 15 is 0 Å². The zero-order valence-electron chi connectivity index (χ0n) is 16.5. The van der Waals surface area contributed by atoms with Gasteiger partial charge in [0.15, 0.2) is 6.10 Å². The van der Waals surface area contributed by atoms with Crippen LogP contribution in [0, 0.1) is 11.7 Å². The third-order valence-corrected chi connectivity index (χ3v) is 5.62. The van der Waals surface area contributed by atoms with Crippen LogP contribution in [-0.4, -0.2) is 36.3 Å². The van der Waals surface area contributed by atoms with Crippen LogP contribution in [-0.2, 0) is 16.2 Å². The van der Waals surface area contributed by atoms with Crippen LogP contribution in [0.5, 0.6) is 5.75 Å². The summed E-state index contributed by atoms with van der Waals surface area (Å²) in [5, 5.41) is 4.09. The molecule has 0 spiro atoms. The number of carbonyl (C=O) groups excluding carboxylic acids is 1. The first-order valence-corrected chi connectivity index (χ1v) is 10.0. The number of nitrogens with zero attached hydrogens (tertiary/aromatic N) is 2. The number of methoxy groups -OCH3 is 1. The molecule has 0 bridgehead atoms. The molecule has 6 heteroatoms. The number of carbonyl (C=O) groups is 1. The maximum Gasteiger partial charge on any atom is 0.226 e. The van der Waals surface area contributed by atoms with Crippen molar-refractivity contribution in [1.29, 1.82) is 0 Å². The largest absolute Gasteiger partial charge is 0.497 e. The van der Waals surface area contributed by atoms with Crippen LogP contribution in [0.4, 0.5) is 4.39 Å². The second kappa shape index (κ2) is 8.64. The van der Waals surface area contributed by atoms with Gasteiger partial charge in [-0.1, -0.05) is 41.9 Å². The Hall–Kier alpha value is -2.89. The number of benzene rings is 2. The molecule has 1 aliphatic heterocycles. The van der Waals surface area contributed by atoms with Gasteiger partial charge in [0.1, 0.15) is 11.6 Å². The lowest BCUT2D eigenvalue weighted by Gasteiger charge is -2.32. The second-order valence-electron chi connectivity index (χ2n) is 7.65. The number of hydrogen-bond acceptors (Lipinski definition) is 4. The molecule has 2 aromatic rings. The highest BCUT2D eigenvalue weighted by Gasteiger charge is 2.33. The standard InChI is InChI=1S/C23H25FN2O3/c1-28-18-9-4-6-16(12-18)14-26(23(27)17-7-5-8-17)15-19-13-22(25-29-19)20-10-2-3-11-21(20)24/h2-4,6,9-12,17,19H,5,7-8,13-15H2,1H3/t19-/m1/s1. The van der Waals surface area contributed by atoms with E-state index in [0.717, 1.165) is 30.6 Å². The molecule has 1 atom stereocenters. The monoisotopic (exact) mass is 396 g/mol.